The zero-order valence-electron chi connectivity index (χ0n) is 18.8. The predicted octanol–water partition coefficient (Wildman–Crippen LogP) is 6.47. The quantitative estimate of drug-likeness (QED) is 0.545. The van der Waals surface area contributed by atoms with Gasteiger partial charge in [0, 0.05) is 29.0 Å². The summed E-state index contributed by atoms with van der Waals surface area (Å²) in [6.07, 6.45) is 10.0. The highest BCUT2D eigenvalue weighted by atomic mass is 35.5. The number of halogens is 1. The number of carbonyl (C=O) groups is 1. The molecule has 1 aliphatic heterocycles. The summed E-state index contributed by atoms with van der Waals surface area (Å²) in [6.45, 7) is 2.06. The van der Waals surface area contributed by atoms with Gasteiger partial charge in [0.15, 0.2) is 0 Å². The zero-order chi connectivity index (χ0) is 22.1. The first-order valence-corrected chi connectivity index (χ1v) is 12.4. The zero-order valence-corrected chi connectivity index (χ0v) is 19.5. The highest BCUT2D eigenvalue weighted by molar-refractivity contribution is 6.31. The van der Waals surface area contributed by atoms with Gasteiger partial charge >= 0.3 is 0 Å². The summed E-state index contributed by atoms with van der Waals surface area (Å²) in [4.78, 5) is 13.0. The molecule has 1 amide bonds. The van der Waals surface area contributed by atoms with Gasteiger partial charge in [-0.3, -0.25) is 4.79 Å². The maximum Gasteiger partial charge on any atom is 0.220 e. The van der Waals surface area contributed by atoms with E-state index >= 15 is 0 Å². The third kappa shape index (κ3) is 4.34. The monoisotopic (exact) mass is 453 g/mol. The van der Waals surface area contributed by atoms with Gasteiger partial charge in [0.2, 0.25) is 5.91 Å². The summed E-state index contributed by atoms with van der Waals surface area (Å²) in [5.41, 5.74) is 3.02. The number of fused-ring (bicyclic) bond motifs is 1. The van der Waals surface area contributed by atoms with Crippen LogP contribution in [0.2, 0.25) is 5.02 Å². The number of hydrogen-bond acceptors (Lipinski definition) is 3. The average molecular weight is 454 g/mol. The van der Waals surface area contributed by atoms with Crippen LogP contribution in [0, 0.1) is 6.92 Å². The molecule has 3 aliphatic rings. The van der Waals surface area contributed by atoms with Gasteiger partial charge in [-0.05, 0) is 76.0 Å². The Morgan fingerprint density at radius 1 is 1.16 bits per heavy atom. The first kappa shape index (κ1) is 21.6. The van der Waals surface area contributed by atoms with Gasteiger partial charge in [0.25, 0.3) is 0 Å². The lowest BCUT2D eigenvalue weighted by Gasteiger charge is -2.48. The number of carbonyl (C=O) groups excluding carboxylic acids is 1. The molecule has 4 nitrogen and oxygen atoms in total. The van der Waals surface area contributed by atoms with E-state index in [1.165, 1.54) is 19.3 Å². The van der Waals surface area contributed by atoms with Crippen molar-refractivity contribution in [1.82, 2.24) is 5.32 Å². The molecule has 0 bridgehead atoms. The van der Waals surface area contributed by atoms with Gasteiger partial charge in [-0.1, -0.05) is 35.9 Å². The Morgan fingerprint density at radius 2 is 1.94 bits per heavy atom. The number of aryl methyl sites for hydroxylation is 1. The minimum Gasteiger partial charge on any atom is -0.490 e. The van der Waals surface area contributed by atoms with Crippen molar-refractivity contribution in [2.24, 2.45) is 0 Å². The fourth-order valence-electron chi connectivity index (χ4n) is 5.42. The molecule has 1 spiro atoms. The Labute approximate surface area is 195 Å². The smallest absolute Gasteiger partial charge is 0.220 e. The minimum absolute atomic E-state index is 0.00468. The minimum atomic E-state index is -0.103. The summed E-state index contributed by atoms with van der Waals surface area (Å²) in [7, 11) is 0. The molecule has 0 unspecified atom stereocenters. The van der Waals surface area contributed by atoms with Crippen LogP contribution >= 0.6 is 11.6 Å². The lowest BCUT2D eigenvalue weighted by atomic mass is 9.73. The van der Waals surface area contributed by atoms with E-state index in [2.05, 4.69) is 18.3 Å². The van der Waals surface area contributed by atoms with E-state index in [0.717, 1.165) is 60.3 Å². The lowest BCUT2D eigenvalue weighted by Crippen LogP contribution is -2.49. The number of hydrogen-bond donors (Lipinski definition) is 1. The van der Waals surface area contributed by atoms with E-state index in [4.69, 9.17) is 21.1 Å². The molecule has 1 heterocycles. The summed E-state index contributed by atoms with van der Waals surface area (Å²) in [6, 6.07) is 12.0. The molecule has 2 fully saturated rings. The van der Waals surface area contributed by atoms with Crippen LogP contribution in [0.5, 0.6) is 11.5 Å². The van der Waals surface area contributed by atoms with Crippen LogP contribution in [0.3, 0.4) is 0 Å². The number of amides is 1. The Morgan fingerprint density at radius 3 is 2.69 bits per heavy atom. The fourth-order valence-corrected chi connectivity index (χ4v) is 5.66. The van der Waals surface area contributed by atoms with Gasteiger partial charge < -0.3 is 14.8 Å². The van der Waals surface area contributed by atoms with Crippen LogP contribution in [0.1, 0.15) is 80.5 Å². The van der Waals surface area contributed by atoms with Crippen molar-refractivity contribution in [1.29, 1.82) is 0 Å². The number of rotatable bonds is 6. The standard InChI is InChI=1S/C27H32ClNO3/c1-18-11-13-22(28)20(26(18)31-19-7-2-3-8-19)12-14-25(30)29-23-17-27(15-6-16-27)32-24-10-5-4-9-21(23)24/h4-5,9-11,13,19,23H,2-3,6-8,12,14-17H2,1H3,(H,29,30)/t23-/m1/s1. The molecule has 0 radical (unpaired) electrons. The molecule has 0 saturated heterocycles. The molecule has 5 rings (SSSR count). The van der Waals surface area contributed by atoms with Gasteiger partial charge in [-0.2, -0.15) is 0 Å². The number of benzene rings is 2. The topological polar surface area (TPSA) is 47.6 Å². The molecule has 5 heteroatoms. The maximum atomic E-state index is 13.0. The Hall–Kier alpha value is -2.20. The van der Waals surface area contributed by atoms with E-state index in [1.54, 1.807) is 0 Å². The molecule has 2 aromatic carbocycles. The number of nitrogens with one attached hydrogen (secondary N) is 1. The third-order valence-corrected chi connectivity index (χ3v) is 7.74. The van der Waals surface area contributed by atoms with Gasteiger partial charge in [-0.25, -0.2) is 0 Å². The molecular formula is C27H32ClNO3. The maximum absolute atomic E-state index is 13.0. The molecule has 32 heavy (non-hydrogen) atoms. The van der Waals surface area contributed by atoms with Crippen LogP contribution in [0.4, 0.5) is 0 Å². The van der Waals surface area contributed by atoms with Gasteiger partial charge in [-0.15, -0.1) is 0 Å². The van der Waals surface area contributed by atoms with E-state index in [0.29, 0.717) is 17.9 Å². The molecular weight excluding hydrogens is 422 g/mol. The van der Waals surface area contributed by atoms with E-state index in [9.17, 15) is 4.79 Å². The second-order valence-corrected chi connectivity index (χ2v) is 10.1. The SMILES string of the molecule is Cc1ccc(Cl)c(CCC(=O)N[C@@H]2CC3(CCC3)Oc3ccccc32)c1OC1CCCC1. The lowest BCUT2D eigenvalue weighted by molar-refractivity contribution is -0.123. The Balaban J connectivity index is 1.28. The number of ether oxygens (including phenoxy) is 2. The molecule has 2 saturated carbocycles. The summed E-state index contributed by atoms with van der Waals surface area (Å²) in [5, 5.41) is 3.97. The second kappa shape index (κ2) is 8.97. The van der Waals surface area contributed by atoms with E-state index in [1.807, 2.05) is 30.3 Å². The predicted molar refractivity (Wildman–Crippen MR) is 127 cm³/mol. The molecule has 1 atom stereocenters. The highest BCUT2D eigenvalue weighted by Gasteiger charge is 2.45. The summed E-state index contributed by atoms with van der Waals surface area (Å²) in [5.74, 6) is 1.84. The van der Waals surface area contributed by atoms with Crippen molar-refractivity contribution < 1.29 is 14.3 Å². The van der Waals surface area contributed by atoms with E-state index < -0.39 is 0 Å². The largest absolute Gasteiger partial charge is 0.490 e. The second-order valence-electron chi connectivity index (χ2n) is 9.70. The van der Waals surface area contributed by atoms with Crippen molar-refractivity contribution in [2.45, 2.75) is 88.9 Å². The van der Waals surface area contributed by atoms with Crippen molar-refractivity contribution in [3.63, 3.8) is 0 Å². The van der Waals surface area contributed by atoms with Crippen molar-refractivity contribution >= 4 is 17.5 Å². The average Bonchev–Trinajstić information content (AvgIpc) is 3.28. The first-order chi connectivity index (χ1) is 15.5. The molecule has 170 valence electrons. The van der Waals surface area contributed by atoms with Crippen molar-refractivity contribution in [3.05, 3.63) is 58.1 Å². The molecule has 2 aromatic rings. The normalized spacial score (nSPS) is 21.5. The number of para-hydroxylation sites is 1. The highest BCUT2D eigenvalue weighted by Crippen LogP contribution is 2.48. The summed E-state index contributed by atoms with van der Waals surface area (Å²) >= 11 is 6.56. The van der Waals surface area contributed by atoms with Gasteiger partial charge in [0.05, 0.1) is 12.1 Å². The van der Waals surface area contributed by atoms with Crippen molar-refractivity contribution in [2.75, 3.05) is 0 Å². The first-order valence-electron chi connectivity index (χ1n) is 12.0. The Bertz CT molecular complexity index is 994. The van der Waals surface area contributed by atoms with Crippen LogP contribution < -0.4 is 14.8 Å². The molecule has 1 N–H and O–H groups in total. The van der Waals surface area contributed by atoms with Crippen molar-refractivity contribution in [3.8, 4) is 11.5 Å². The van der Waals surface area contributed by atoms with Crippen LogP contribution in [-0.2, 0) is 11.2 Å². The fraction of sp³-hybridized carbons (Fsp3) is 0.519. The van der Waals surface area contributed by atoms with Crippen LogP contribution in [0.15, 0.2) is 36.4 Å². The van der Waals surface area contributed by atoms with Crippen LogP contribution in [0.25, 0.3) is 0 Å². The van der Waals surface area contributed by atoms with Gasteiger partial charge in [0.1, 0.15) is 17.1 Å². The third-order valence-electron chi connectivity index (χ3n) is 7.39. The molecule has 0 aromatic heterocycles. The van der Waals surface area contributed by atoms with E-state index in [-0.39, 0.29) is 23.7 Å². The van der Waals surface area contributed by atoms with Crippen LogP contribution in [-0.4, -0.2) is 17.6 Å². The molecule has 2 aliphatic carbocycles. The Kier molecular flexibility index (Phi) is 6.07. The summed E-state index contributed by atoms with van der Waals surface area (Å²) < 4.78 is 12.7.